The van der Waals surface area contributed by atoms with Crippen molar-refractivity contribution in [1.82, 2.24) is 0 Å². The first-order valence-corrected chi connectivity index (χ1v) is 5.91. The van der Waals surface area contributed by atoms with Crippen LogP contribution in [0.3, 0.4) is 0 Å². The monoisotopic (exact) mass is 146 g/mol. The van der Waals surface area contributed by atoms with Gasteiger partial charge in [0.1, 0.15) is 0 Å². The minimum Gasteiger partial charge on any atom is -0.212 e. The van der Waals surface area contributed by atoms with Gasteiger partial charge in [-0.05, 0) is 32.8 Å². The fraction of sp³-hybridized carbons (Fsp3) is 0.750. The maximum atomic E-state index is 2.34. The van der Waals surface area contributed by atoms with E-state index in [1.807, 2.05) is 0 Å². The molecule has 0 bridgehead atoms. The fourth-order valence-corrected chi connectivity index (χ4v) is 1.72. The van der Waals surface area contributed by atoms with E-state index >= 15 is 0 Å². The van der Waals surface area contributed by atoms with Gasteiger partial charge in [-0.15, -0.1) is 0 Å². The second-order valence-electron chi connectivity index (χ2n) is 2.70. The molecule has 0 nitrogen and oxygen atoms in total. The SMILES string of the molecule is CC=S(C)(C)=C(C)CC. The molecule has 0 aliphatic heterocycles. The van der Waals surface area contributed by atoms with E-state index < -0.39 is 9.21 Å². The summed E-state index contributed by atoms with van der Waals surface area (Å²) < 4.78 is 0. The lowest BCUT2D eigenvalue weighted by Gasteiger charge is -2.08. The number of hydrogen-bond acceptors (Lipinski definition) is 0. The summed E-state index contributed by atoms with van der Waals surface area (Å²) in [6.07, 6.45) is 5.91. The minimum atomic E-state index is -0.457. The van der Waals surface area contributed by atoms with Crippen LogP contribution in [0.4, 0.5) is 0 Å². The lowest BCUT2D eigenvalue weighted by molar-refractivity contribution is 1.31. The van der Waals surface area contributed by atoms with E-state index in [1.165, 1.54) is 6.42 Å². The Bertz CT molecular complexity index is 183. The highest BCUT2D eigenvalue weighted by Gasteiger charge is 1.89. The van der Waals surface area contributed by atoms with Crippen molar-refractivity contribution in [2.75, 3.05) is 12.5 Å². The molecule has 0 N–H and O–H groups in total. The van der Waals surface area contributed by atoms with Gasteiger partial charge >= 0.3 is 0 Å². The van der Waals surface area contributed by atoms with Crippen LogP contribution >= 0.6 is 9.21 Å². The summed E-state index contributed by atoms with van der Waals surface area (Å²) in [5.74, 6) is 0. The summed E-state index contributed by atoms with van der Waals surface area (Å²) in [5, 5.41) is 2.34. The van der Waals surface area contributed by atoms with Gasteiger partial charge in [0.25, 0.3) is 0 Å². The Balaban J connectivity index is 4.88. The van der Waals surface area contributed by atoms with Crippen molar-refractivity contribution in [3.05, 3.63) is 0 Å². The van der Waals surface area contributed by atoms with Crippen LogP contribution in [0, 0.1) is 0 Å². The molecule has 0 spiro atoms. The van der Waals surface area contributed by atoms with Crippen LogP contribution in [0.1, 0.15) is 27.2 Å². The molecule has 0 fully saturated rings. The molecule has 0 aromatic heterocycles. The van der Waals surface area contributed by atoms with Crippen LogP contribution in [0.2, 0.25) is 0 Å². The van der Waals surface area contributed by atoms with Crippen molar-refractivity contribution in [3.8, 4) is 0 Å². The summed E-state index contributed by atoms with van der Waals surface area (Å²) in [5.41, 5.74) is 0. The molecule has 0 radical (unpaired) electrons. The Morgan fingerprint density at radius 3 is 2.00 bits per heavy atom. The zero-order valence-corrected chi connectivity index (χ0v) is 8.01. The van der Waals surface area contributed by atoms with Crippen LogP contribution in [-0.4, -0.2) is 22.7 Å². The molecule has 0 amide bonds. The van der Waals surface area contributed by atoms with Gasteiger partial charge in [0, 0.05) is 0 Å². The Morgan fingerprint density at radius 2 is 1.89 bits per heavy atom. The second kappa shape index (κ2) is 3.31. The lowest BCUT2D eigenvalue weighted by Crippen LogP contribution is -1.92. The molecular weight excluding hydrogens is 128 g/mol. The van der Waals surface area contributed by atoms with Gasteiger partial charge in [-0.25, -0.2) is 9.21 Å². The van der Waals surface area contributed by atoms with Crippen LogP contribution in [0.25, 0.3) is 0 Å². The van der Waals surface area contributed by atoms with E-state index in [4.69, 9.17) is 0 Å². The zero-order valence-electron chi connectivity index (χ0n) is 7.19. The lowest BCUT2D eigenvalue weighted by atomic mass is 10.4. The second-order valence-corrected chi connectivity index (χ2v) is 6.68. The Labute approximate surface area is 59.8 Å². The molecule has 0 rings (SSSR count). The Kier molecular flexibility index (Phi) is 3.34. The number of hydrogen-bond donors (Lipinski definition) is 0. The van der Waals surface area contributed by atoms with Crippen LogP contribution in [0.5, 0.6) is 0 Å². The molecule has 0 unspecified atom stereocenters. The highest BCUT2D eigenvalue weighted by Crippen LogP contribution is 2.15. The standard InChI is InChI=1S/C8H18S/c1-6-8(3)9(4,5)7-2/h7H,6H2,1-5H3. The van der Waals surface area contributed by atoms with Crippen molar-refractivity contribution < 1.29 is 0 Å². The van der Waals surface area contributed by atoms with Crippen molar-refractivity contribution in [1.29, 1.82) is 0 Å². The first-order valence-electron chi connectivity index (χ1n) is 3.39. The van der Waals surface area contributed by atoms with Gasteiger partial charge in [-0.1, -0.05) is 17.2 Å². The van der Waals surface area contributed by atoms with Crippen molar-refractivity contribution >= 4 is 19.4 Å². The average molecular weight is 146 g/mol. The van der Waals surface area contributed by atoms with Gasteiger partial charge in [0.15, 0.2) is 0 Å². The molecule has 56 valence electrons. The average Bonchev–Trinajstić information content (AvgIpc) is 1.86. The molecule has 9 heavy (non-hydrogen) atoms. The molecule has 0 aromatic carbocycles. The fourth-order valence-electron chi connectivity index (χ4n) is 0.573. The van der Waals surface area contributed by atoms with Crippen LogP contribution in [0.15, 0.2) is 0 Å². The van der Waals surface area contributed by atoms with Gasteiger partial charge in [0.2, 0.25) is 0 Å². The smallest absolute Gasteiger partial charge is 0.0281 e. The number of rotatable bonds is 1. The van der Waals surface area contributed by atoms with E-state index in [1.54, 1.807) is 4.86 Å². The predicted octanol–water partition coefficient (Wildman–Crippen LogP) is 2.48. The summed E-state index contributed by atoms with van der Waals surface area (Å²) in [6, 6.07) is 0. The first-order chi connectivity index (χ1) is 4.04. The Morgan fingerprint density at radius 1 is 1.44 bits per heavy atom. The van der Waals surface area contributed by atoms with E-state index in [2.05, 4.69) is 38.7 Å². The summed E-state index contributed by atoms with van der Waals surface area (Å²) in [4.78, 5) is 1.64. The first kappa shape index (κ1) is 9.09. The normalized spacial score (nSPS) is 11.2. The maximum Gasteiger partial charge on any atom is -0.0281 e. The van der Waals surface area contributed by atoms with Gasteiger partial charge in [-0.3, -0.25) is 0 Å². The van der Waals surface area contributed by atoms with Gasteiger partial charge in [-0.2, -0.15) is 0 Å². The molecule has 0 aliphatic rings. The zero-order chi connectivity index (χ0) is 7.49. The van der Waals surface area contributed by atoms with Crippen molar-refractivity contribution in [3.63, 3.8) is 0 Å². The van der Waals surface area contributed by atoms with Crippen molar-refractivity contribution in [2.45, 2.75) is 27.2 Å². The molecule has 0 aliphatic carbocycles. The predicted molar refractivity (Wildman–Crippen MR) is 52.1 cm³/mol. The quantitative estimate of drug-likeness (QED) is 0.499. The molecule has 0 aromatic rings. The molecular formula is C8H18S. The third-order valence-corrected chi connectivity index (χ3v) is 5.25. The van der Waals surface area contributed by atoms with E-state index in [0.29, 0.717) is 0 Å². The van der Waals surface area contributed by atoms with Crippen LogP contribution < -0.4 is 0 Å². The van der Waals surface area contributed by atoms with Crippen LogP contribution in [-0.2, 0) is 0 Å². The molecule has 0 heterocycles. The maximum absolute atomic E-state index is 2.34. The molecule has 1 heteroatoms. The van der Waals surface area contributed by atoms with Crippen molar-refractivity contribution in [2.24, 2.45) is 0 Å². The highest BCUT2D eigenvalue weighted by molar-refractivity contribution is 8.29. The molecule has 0 saturated heterocycles. The van der Waals surface area contributed by atoms with E-state index in [9.17, 15) is 0 Å². The topological polar surface area (TPSA) is 0 Å². The van der Waals surface area contributed by atoms with E-state index in [-0.39, 0.29) is 0 Å². The Hall–Kier alpha value is 0.0900. The van der Waals surface area contributed by atoms with Gasteiger partial charge in [0.05, 0.1) is 0 Å². The van der Waals surface area contributed by atoms with Gasteiger partial charge < -0.3 is 0 Å². The summed E-state index contributed by atoms with van der Waals surface area (Å²) in [6.45, 7) is 6.65. The van der Waals surface area contributed by atoms with E-state index in [0.717, 1.165) is 0 Å². The molecule has 0 saturated carbocycles. The molecule has 0 atom stereocenters. The highest BCUT2D eigenvalue weighted by atomic mass is 32.2. The largest absolute Gasteiger partial charge is 0.212 e. The third-order valence-electron chi connectivity index (χ3n) is 1.99. The summed E-state index contributed by atoms with van der Waals surface area (Å²) >= 11 is 0. The third kappa shape index (κ3) is 2.44. The minimum absolute atomic E-state index is 0.457. The summed E-state index contributed by atoms with van der Waals surface area (Å²) in [7, 11) is -0.457.